The van der Waals surface area contributed by atoms with Crippen LogP contribution in [0.5, 0.6) is 0 Å². The standard InChI is InChI=1S/C28H25N9S/c1-2-5-20(6-3-1)23-24(37-28(32-23)38-18-31-37)21-9-7-19(8-10-21)17-36-15-11-22(12-16-36)25-33-27(35-34-25)26-29-13-4-14-30-26/h1-10,13-14,18,22H,11-12,15-17H2,(H,33,34,35). The van der Waals surface area contributed by atoms with Crippen molar-refractivity contribution in [3.63, 3.8) is 0 Å². The topological polar surface area (TPSA) is 101 Å². The van der Waals surface area contributed by atoms with E-state index in [1.807, 2.05) is 28.2 Å². The van der Waals surface area contributed by atoms with E-state index < -0.39 is 0 Å². The number of rotatable bonds is 6. The second kappa shape index (κ2) is 9.88. The monoisotopic (exact) mass is 519 g/mol. The smallest absolute Gasteiger partial charge is 0.218 e. The van der Waals surface area contributed by atoms with E-state index in [1.54, 1.807) is 29.8 Å². The number of H-pyrrole nitrogens is 1. The SMILES string of the molecule is c1ccc(-c2nc3scnn3c2-c2ccc(CN3CCC(c4nc(-c5ncccn5)n[nH]4)CC3)cc2)cc1. The first kappa shape index (κ1) is 22.9. The summed E-state index contributed by atoms with van der Waals surface area (Å²) >= 11 is 1.55. The third kappa shape index (κ3) is 4.37. The van der Waals surface area contributed by atoms with Crippen LogP contribution < -0.4 is 0 Å². The predicted molar refractivity (Wildman–Crippen MR) is 146 cm³/mol. The van der Waals surface area contributed by atoms with Gasteiger partial charge < -0.3 is 0 Å². The van der Waals surface area contributed by atoms with Gasteiger partial charge in [0.1, 0.15) is 22.7 Å². The zero-order valence-electron chi connectivity index (χ0n) is 20.6. The number of likely N-dealkylation sites (tertiary alicyclic amines) is 1. The molecule has 9 nitrogen and oxygen atoms in total. The molecule has 0 aliphatic carbocycles. The third-order valence-electron chi connectivity index (χ3n) is 7.07. The van der Waals surface area contributed by atoms with E-state index in [-0.39, 0.29) is 0 Å². The predicted octanol–water partition coefficient (Wildman–Crippen LogP) is 5.08. The highest BCUT2D eigenvalue weighted by Crippen LogP contribution is 2.34. The molecule has 0 spiro atoms. The maximum Gasteiger partial charge on any atom is 0.218 e. The van der Waals surface area contributed by atoms with Gasteiger partial charge in [-0.15, -0.1) is 5.10 Å². The zero-order valence-corrected chi connectivity index (χ0v) is 21.4. The Labute approximate surface area is 223 Å². The molecule has 0 atom stereocenters. The molecule has 38 heavy (non-hydrogen) atoms. The van der Waals surface area contributed by atoms with Crippen LogP contribution in [0.15, 0.2) is 78.6 Å². The Kier molecular flexibility index (Phi) is 5.95. The normalized spacial score (nSPS) is 14.8. The molecule has 0 amide bonds. The Bertz CT molecular complexity index is 1650. The van der Waals surface area contributed by atoms with E-state index in [2.05, 4.69) is 71.5 Å². The summed E-state index contributed by atoms with van der Waals surface area (Å²) in [6.45, 7) is 2.96. The number of nitrogens with one attached hydrogen (secondary N) is 1. The van der Waals surface area contributed by atoms with E-state index in [9.17, 15) is 0 Å². The molecule has 1 aliphatic heterocycles. The number of nitrogens with zero attached hydrogens (tertiary/aromatic N) is 8. The molecule has 0 unspecified atom stereocenters. The summed E-state index contributed by atoms with van der Waals surface area (Å²) in [5.74, 6) is 2.42. The first-order chi connectivity index (χ1) is 18.8. The lowest BCUT2D eigenvalue weighted by atomic mass is 9.95. The van der Waals surface area contributed by atoms with Gasteiger partial charge >= 0.3 is 0 Å². The quantitative estimate of drug-likeness (QED) is 0.327. The second-order valence-corrected chi connectivity index (χ2v) is 10.3. The summed E-state index contributed by atoms with van der Waals surface area (Å²) < 4.78 is 1.95. The summed E-state index contributed by atoms with van der Waals surface area (Å²) in [6.07, 6.45) is 5.50. The van der Waals surface area contributed by atoms with E-state index >= 15 is 0 Å². The van der Waals surface area contributed by atoms with Crippen LogP contribution in [0.4, 0.5) is 0 Å². The molecule has 7 rings (SSSR count). The van der Waals surface area contributed by atoms with Gasteiger partial charge in [-0.05, 0) is 37.6 Å². The van der Waals surface area contributed by atoms with E-state index in [1.165, 1.54) is 5.56 Å². The van der Waals surface area contributed by atoms with Crippen LogP contribution in [0.3, 0.4) is 0 Å². The van der Waals surface area contributed by atoms with Crippen molar-refractivity contribution in [2.45, 2.75) is 25.3 Å². The molecule has 2 aromatic carbocycles. The van der Waals surface area contributed by atoms with Crippen LogP contribution in [0.1, 0.15) is 30.1 Å². The minimum absolute atomic E-state index is 0.373. The number of hydrogen-bond donors (Lipinski definition) is 1. The van der Waals surface area contributed by atoms with Crippen LogP contribution in [0, 0.1) is 0 Å². The molecule has 5 heterocycles. The summed E-state index contributed by atoms with van der Waals surface area (Å²) in [5, 5.41) is 12.0. The number of aromatic nitrogens is 8. The van der Waals surface area contributed by atoms with Crippen molar-refractivity contribution in [1.82, 2.24) is 44.6 Å². The maximum atomic E-state index is 4.88. The van der Waals surface area contributed by atoms with E-state index in [4.69, 9.17) is 4.98 Å². The summed E-state index contributed by atoms with van der Waals surface area (Å²) in [7, 11) is 0. The Balaban J connectivity index is 1.03. The second-order valence-electron chi connectivity index (χ2n) is 9.47. The van der Waals surface area contributed by atoms with Gasteiger partial charge in [0.15, 0.2) is 5.82 Å². The molecule has 0 saturated carbocycles. The summed E-state index contributed by atoms with van der Waals surface area (Å²) in [6, 6.07) is 21.0. The molecule has 0 radical (unpaired) electrons. The molecular formula is C28H25N9S. The molecule has 1 saturated heterocycles. The zero-order chi connectivity index (χ0) is 25.3. The fraction of sp³-hybridized carbons (Fsp3) is 0.214. The minimum Gasteiger partial charge on any atom is -0.299 e. The Morgan fingerprint density at radius 3 is 2.42 bits per heavy atom. The van der Waals surface area contributed by atoms with Crippen molar-refractivity contribution >= 4 is 16.3 Å². The molecule has 1 N–H and O–H groups in total. The first-order valence-corrected chi connectivity index (χ1v) is 13.6. The van der Waals surface area contributed by atoms with Crippen molar-refractivity contribution in [3.8, 4) is 34.2 Å². The largest absolute Gasteiger partial charge is 0.299 e. The van der Waals surface area contributed by atoms with Crippen LogP contribution >= 0.6 is 11.3 Å². The third-order valence-corrected chi connectivity index (χ3v) is 7.74. The molecule has 1 fully saturated rings. The lowest BCUT2D eigenvalue weighted by Crippen LogP contribution is -2.32. The number of aromatic amines is 1. The van der Waals surface area contributed by atoms with Gasteiger partial charge in [-0.2, -0.15) is 5.10 Å². The number of imidazole rings is 1. The van der Waals surface area contributed by atoms with Gasteiger partial charge in [0.2, 0.25) is 10.8 Å². The number of piperidine rings is 1. The average Bonchev–Trinajstić information content (AvgIpc) is 3.72. The lowest BCUT2D eigenvalue weighted by Gasteiger charge is -2.30. The van der Waals surface area contributed by atoms with Crippen molar-refractivity contribution in [2.75, 3.05) is 13.1 Å². The summed E-state index contributed by atoms with van der Waals surface area (Å²) in [4.78, 5) is 21.5. The molecule has 6 aromatic rings. The Morgan fingerprint density at radius 1 is 0.842 bits per heavy atom. The van der Waals surface area contributed by atoms with Gasteiger partial charge in [0.25, 0.3) is 0 Å². The van der Waals surface area contributed by atoms with Crippen molar-refractivity contribution < 1.29 is 0 Å². The highest BCUT2D eigenvalue weighted by molar-refractivity contribution is 7.14. The van der Waals surface area contributed by atoms with Crippen molar-refractivity contribution in [1.29, 1.82) is 0 Å². The molecule has 4 aromatic heterocycles. The van der Waals surface area contributed by atoms with Gasteiger partial charge in [0.05, 0.1) is 0 Å². The summed E-state index contributed by atoms with van der Waals surface area (Å²) in [5.41, 5.74) is 7.36. The molecule has 0 bridgehead atoms. The van der Waals surface area contributed by atoms with Crippen molar-refractivity contribution in [3.05, 3.63) is 90.0 Å². The van der Waals surface area contributed by atoms with Gasteiger partial charge in [-0.25, -0.2) is 24.5 Å². The van der Waals surface area contributed by atoms with Crippen LogP contribution in [-0.4, -0.2) is 57.7 Å². The van der Waals surface area contributed by atoms with Crippen molar-refractivity contribution in [2.24, 2.45) is 0 Å². The highest BCUT2D eigenvalue weighted by Gasteiger charge is 2.24. The minimum atomic E-state index is 0.373. The number of benzene rings is 2. The first-order valence-electron chi connectivity index (χ1n) is 12.7. The Morgan fingerprint density at radius 2 is 1.63 bits per heavy atom. The fourth-order valence-electron chi connectivity index (χ4n) is 5.11. The fourth-order valence-corrected chi connectivity index (χ4v) is 5.73. The molecule has 188 valence electrons. The number of hydrogen-bond acceptors (Lipinski definition) is 8. The van der Waals surface area contributed by atoms with Crippen LogP contribution in [-0.2, 0) is 6.54 Å². The Hall–Kier alpha value is -4.28. The molecule has 1 aliphatic rings. The van der Waals surface area contributed by atoms with Gasteiger partial charge in [0, 0.05) is 36.0 Å². The number of fused-ring (bicyclic) bond motifs is 1. The average molecular weight is 520 g/mol. The van der Waals surface area contributed by atoms with Gasteiger partial charge in [-0.1, -0.05) is 65.9 Å². The highest BCUT2D eigenvalue weighted by atomic mass is 32.1. The lowest BCUT2D eigenvalue weighted by molar-refractivity contribution is 0.202. The molecular weight excluding hydrogens is 494 g/mol. The van der Waals surface area contributed by atoms with E-state index in [0.29, 0.717) is 17.6 Å². The van der Waals surface area contributed by atoms with Crippen LogP contribution in [0.2, 0.25) is 0 Å². The molecule has 10 heteroatoms. The van der Waals surface area contributed by atoms with Crippen LogP contribution in [0.25, 0.3) is 39.1 Å². The van der Waals surface area contributed by atoms with Gasteiger partial charge in [-0.3, -0.25) is 10.00 Å². The maximum absolute atomic E-state index is 4.88. The van der Waals surface area contributed by atoms with E-state index in [0.717, 1.165) is 65.8 Å².